The molecule has 0 unspecified atom stereocenters. The predicted octanol–water partition coefficient (Wildman–Crippen LogP) is 1.53. The molecule has 20 heavy (non-hydrogen) atoms. The molecule has 2 rings (SSSR count). The standard InChI is InChI=1S/C11H12N2O5S2/c1-6-3-9(19-10(6)11(14)15)20(16,17)13-5-8-12-4-7(2)18-8/h3-4,13H,5H2,1-2H3,(H,14,15). The Morgan fingerprint density at radius 1 is 1.50 bits per heavy atom. The molecule has 0 spiro atoms. The third-order valence-corrected chi connectivity index (χ3v) is 5.54. The van der Waals surface area contributed by atoms with E-state index in [-0.39, 0.29) is 21.5 Å². The van der Waals surface area contributed by atoms with Crippen LogP contribution in [0.25, 0.3) is 0 Å². The van der Waals surface area contributed by atoms with E-state index in [0.29, 0.717) is 22.7 Å². The summed E-state index contributed by atoms with van der Waals surface area (Å²) in [5.74, 6) is -0.311. The Bertz CT molecular complexity index is 745. The Kier molecular flexibility index (Phi) is 3.93. The van der Waals surface area contributed by atoms with E-state index >= 15 is 0 Å². The smallest absolute Gasteiger partial charge is 0.346 e. The van der Waals surface area contributed by atoms with Crippen LogP contribution in [0.3, 0.4) is 0 Å². The lowest BCUT2D eigenvalue weighted by Gasteiger charge is -2.01. The second-order valence-electron chi connectivity index (χ2n) is 4.07. The highest BCUT2D eigenvalue weighted by Gasteiger charge is 2.22. The predicted molar refractivity (Wildman–Crippen MR) is 71.3 cm³/mol. The zero-order valence-electron chi connectivity index (χ0n) is 10.7. The maximum Gasteiger partial charge on any atom is 0.346 e. The monoisotopic (exact) mass is 316 g/mol. The summed E-state index contributed by atoms with van der Waals surface area (Å²) in [6.45, 7) is 3.17. The number of aryl methyl sites for hydroxylation is 2. The number of hydrogen-bond donors (Lipinski definition) is 2. The first-order chi connectivity index (χ1) is 9.29. The summed E-state index contributed by atoms with van der Waals surface area (Å²) in [5, 5.41) is 8.93. The number of oxazole rings is 1. The number of carboxylic acid groups (broad SMARTS) is 1. The van der Waals surface area contributed by atoms with Gasteiger partial charge in [0.15, 0.2) is 0 Å². The number of hydrogen-bond acceptors (Lipinski definition) is 6. The second kappa shape index (κ2) is 5.35. The van der Waals surface area contributed by atoms with Gasteiger partial charge in [0.2, 0.25) is 5.89 Å². The summed E-state index contributed by atoms with van der Waals surface area (Å²) < 4.78 is 31.5. The SMILES string of the molecule is Cc1cnc(CNS(=O)(=O)c2cc(C)c(C(=O)O)s2)o1. The topological polar surface area (TPSA) is 110 Å². The zero-order valence-corrected chi connectivity index (χ0v) is 12.3. The highest BCUT2D eigenvalue weighted by molar-refractivity contribution is 7.91. The van der Waals surface area contributed by atoms with E-state index in [1.165, 1.54) is 12.3 Å². The maximum atomic E-state index is 12.0. The quantitative estimate of drug-likeness (QED) is 0.865. The van der Waals surface area contributed by atoms with E-state index in [9.17, 15) is 13.2 Å². The minimum atomic E-state index is -3.78. The molecule has 2 aromatic rings. The fraction of sp³-hybridized carbons (Fsp3) is 0.273. The molecule has 0 fully saturated rings. The molecule has 0 aliphatic heterocycles. The number of nitrogens with one attached hydrogen (secondary N) is 1. The molecule has 0 saturated heterocycles. The van der Waals surface area contributed by atoms with Gasteiger partial charge in [-0.3, -0.25) is 0 Å². The molecular formula is C11H12N2O5S2. The summed E-state index contributed by atoms with van der Waals surface area (Å²) in [5.41, 5.74) is 0.412. The first-order valence-electron chi connectivity index (χ1n) is 5.54. The van der Waals surface area contributed by atoms with Crippen molar-refractivity contribution in [3.8, 4) is 0 Å². The minimum absolute atomic E-state index is 0.0114. The van der Waals surface area contributed by atoms with Crippen molar-refractivity contribution in [2.45, 2.75) is 24.6 Å². The van der Waals surface area contributed by atoms with Crippen molar-refractivity contribution in [2.75, 3.05) is 0 Å². The molecule has 108 valence electrons. The molecule has 0 aliphatic rings. The average Bonchev–Trinajstić information content (AvgIpc) is 2.93. The van der Waals surface area contributed by atoms with Crippen molar-refractivity contribution < 1.29 is 22.7 Å². The van der Waals surface area contributed by atoms with Gasteiger partial charge in [-0.1, -0.05) is 0 Å². The van der Waals surface area contributed by atoms with Crippen LogP contribution >= 0.6 is 11.3 Å². The van der Waals surface area contributed by atoms with Crippen LogP contribution in [-0.4, -0.2) is 24.5 Å². The molecule has 7 nitrogen and oxygen atoms in total. The number of thiophene rings is 1. The van der Waals surface area contributed by atoms with E-state index in [0.717, 1.165) is 0 Å². The van der Waals surface area contributed by atoms with Crippen molar-refractivity contribution in [1.82, 2.24) is 9.71 Å². The van der Waals surface area contributed by atoms with E-state index in [4.69, 9.17) is 9.52 Å². The number of nitrogens with zero attached hydrogens (tertiary/aromatic N) is 1. The third kappa shape index (κ3) is 3.06. The molecular weight excluding hydrogens is 304 g/mol. The van der Waals surface area contributed by atoms with Crippen LogP contribution in [0.1, 0.15) is 26.9 Å². The lowest BCUT2D eigenvalue weighted by atomic mass is 10.3. The van der Waals surface area contributed by atoms with Gasteiger partial charge in [-0.2, -0.15) is 0 Å². The van der Waals surface area contributed by atoms with Crippen molar-refractivity contribution >= 4 is 27.3 Å². The number of aromatic nitrogens is 1. The van der Waals surface area contributed by atoms with Gasteiger partial charge in [-0.25, -0.2) is 22.9 Å². The zero-order chi connectivity index (χ0) is 14.9. The largest absolute Gasteiger partial charge is 0.477 e. The first-order valence-corrected chi connectivity index (χ1v) is 7.84. The highest BCUT2D eigenvalue weighted by atomic mass is 32.2. The molecule has 0 aromatic carbocycles. The molecule has 0 radical (unpaired) electrons. The normalized spacial score (nSPS) is 11.7. The Balaban J connectivity index is 2.18. The lowest BCUT2D eigenvalue weighted by molar-refractivity contribution is 0.0701. The van der Waals surface area contributed by atoms with E-state index in [1.807, 2.05) is 0 Å². The van der Waals surface area contributed by atoms with Crippen LogP contribution in [0, 0.1) is 13.8 Å². The van der Waals surface area contributed by atoms with Crippen LogP contribution in [0.2, 0.25) is 0 Å². The van der Waals surface area contributed by atoms with Gasteiger partial charge < -0.3 is 9.52 Å². The molecule has 0 amide bonds. The first kappa shape index (κ1) is 14.7. The summed E-state index contributed by atoms with van der Waals surface area (Å²) in [6.07, 6.45) is 1.49. The van der Waals surface area contributed by atoms with Crippen LogP contribution in [0.5, 0.6) is 0 Å². The van der Waals surface area contributed by atoms with Crippen LogP contribution in [0.4, 0.5) is 0 Å². The summed E-state index contributed by atoms with van der Waals surface area (Å²) >= 11 is 0.714. The minimum Gasteiger partial charge on any atom is -0.477 e. The fourth-order valence-electron chi connectivity index (χ4n) is 1.51. The van der Waals surface area contributed by atoms with Gasteiger partial charge in [0.05, 0.1) is 12.7 Å². The highest BCUT2D eigenvalue weighted by Crippen LogP contribution is 2.25. The van der Waals surface area contributed by atoms with Crippen molar-refractivity contribution in [2.24, 2.45) is 0 Å². The van der Waals surface area contributed by atoms with E-state index in [1.54, 1.807) is 13.8 Å². The Morgan fingerprint density at radius 3 is 2.70 bits per heavy atom. The van der Waals surface area contributed by atoms with Gasteiger partial charge in [-0.15, -0.1) is 11.3 Å². The summed E-state index contributed by atoms with van der Waals surface area (Å²) in [6, 6.07) is 1.33. The van der Waals surface area contributed by atoms with Gasteiger partial charge in [0.1, 0.15) is 14.8 Å². The molecule has 9 heteroatoms. The molecule has 0 saturated carbocycles. The van der Waals surface area contributed by atoms with E-state index in [2.05, 4.69) is 9.71 Å². The Hall–Kier alpha value is -1.71. The average molecular weight is 316 g/mol. The number of aromatic carboxylic acids is 1. The van der Waals surface area contributed by atoms with Gasteiger partial charge in [0.25, 0.3) is 10.0 Å². The van der Waals surface area contributed by atoms with Gasteiger partial charge in [0, 0.05) is 0 Å². The number of carboxylic acids is 1. The molecule has 0 atom stereocenters. The maximum absolute atomic E-state index is 12.0. The summed E-state index contributed by atoms with van der Waals surface area (Å²) in [7, 11) is -3.78. The van der Waals surface area contributed by atoms with Crippen molar-refractivity contribution in [1.29, 1.82) is 0 Å². The second-order valence-corrected chi connectivity index (χ2v) is 7.12. The van der Waals surface area contributed by atoms with Crippen LogP contribution < -0.4 is 4.72 Å². The van der Waals surface area contributed by atoms with Crippen LogP contribution in [0.15, 0.2) is 20.9 Å². The van der Waals surface area contributed by atoms with E-state index < -0.39 is 16.0 Å². The third-order valence-electron chi connectivity index (χ3n) is 2.44. The molecule has 0 bridgehead atoms. The molecule has 0 aliphatic carbocycles. The molecule has 2 heterocycles. The van der Waals surface area contributed by atoms with Gasteiger partial charge in [-0.05, 0) is 25.5 Å². The summed E-state index contributed by atoms with van der Waals surface area (Å²) in [4.78, 5) is 14.8. The number of sulfonamides is 1. The lowest BCUT2D eigenvalue weighted by Crippen LogP contribution is -2.22. The van der Waals surface area contributed by atoms with Crippen molar-refractivity contribution in [3.05, 3.63) is 34.4 Å². The Morgan fingerprint density at radius 2 is 2.20 bits per heavy atom. The fourth-order valence-corrected chi connectivity index (χ4v) is 3.91. The molecule has 2 N–H and O–H groups in total. The number of rotatable bonds is 5. The Labute approximate surface area is 119 Å². The van der Waals surface area contributed by atoms with Crippen molar-refractivity contribution in [3.63, 3.8) is 0 Å². The van der Waals surface area contributed by atoms with Crippen LogP contribution in [-0.2, 0) is 16.6 Å². The van der Waals surface area contributed by atoms with Gasteiger partial charge >= 0.3 is 5.97 Å². The number of carbonyl (C=O) groups is 1. The molecule has 2 aromatic heterocycles.